The molecule has 1 aromatic rings. The summed E-state index contributed by atoms with van der Waals surface area (Å²) in [5, 5.41) is 8.06. The van der Waals surface area contributed by atoms with Crippen LogP contribution in [0, 0.1) is 0 Å². The van der Waals surface area contributed by atoms with Crippen molar-refractivity contribution in [2.45, 2.75) is 25.3 Å². The smallest absolute Gasteiger partial charge is 0.247 e. The first-order valence-electron chi connectivity index (χ1n) is 6.93. The van der Waals surface area contributed by atoms with E-state index in [-0.39, 0.29) is 17.5 Å². The molecule has 0 radical (unpaired) electrons. The highest BCUT2D eigenvalue weighted by molar-refractivity contribution is 7.91. The molecular formula is C12H19N5O2S. The molecule has 3 heterocycles. The van der Waals surface area contributed by atoms with Crippen LogP contribution >= 0.6 is 0 Å². The van der Waals surface area contributed by atoms with E-state index in [1.807, 2.05) is 11.9 Å². The van der Waals surface area contributed by atoms with Crippen LogP contribution in [0.4, 0.5) is 11.8 Å². The molecule has 2 aliphatic rings. The summed E-state index contributed by atoms with van der Waals surface area (Å²) in [7, 11) is -1.06. The molecule has 2 aliphatic heterocycles. The van der Waals surface area contributed by atoms with Crippen molar-refractivity contribution >= 4 is 21.6 Å². The number of rotatable bonds is 3. The fourth-order valence-electron chi connectivity index (χ4n) is 2.78. The molecule has 0 N–H and O–H groups in total. The highest BCUT2D eigenvalue weighted by Crippen LogP contribution is 2.22. The SMILES string of the molecule is CN(c1nncc(N2CCCC2)n1)C1CCS(=O)(=O)C1. The Morgan fingerprint density at radius 1 is 1.35 bits per heavy atom. The fourth-order valence-corrected chi connectivity index (χ4v) is 4.55. The molecule has 8 heteroatoms. The van der Waals surface area contributed by atoms with Crippen LogP contribution in [-0.4, -0.2) is 61.3 Å². The van der Waals surface area contributed by atoms with Gasteiger partial charge in [-0.15, -0.1) is 5.10 Å². The van der Waals surface area contributed by atoms with Crippen LogP contribution in [0.2, 0.25) is 0 Å². The first-order valence-corrected chi connectivity index (χ1v) is 8.75. The minimum absolute atomic E-state index is 0.0457. The molecule has 0 bridgehead atoms. The third-order valence-corrected chi connectivity index (χ3v) is 5.79. The van der Waals surface area contributed by atoms with E-state index in [9.17, 15) is 8.42 Å². The Morgan fingerprint density at radius 2 is 2.10 bits per heavy atom. The van der Waals surface area contributed by atoms with Gasteiger partial charge < -0.3 is 9.80 Å². The molecule has 1 atom stereocenters. The van der Waals surface area contributed by atoms with Crippen molar-refractivity contribution in [2.75, 3.05) is 41.4 Å². The molecule has 3 rings (SSSR count). The summed E-state index contributed by atoms with van der Waals surface area (Å²) in [6.07, 6.45) is 4.66. The Morgan fingerprint density at radius 3 is 2.75 bits per heavy atom. The van der Waals surface area contributed by atoms with Crippen molar-refractivity contribution in [3.63, 3.8) is 0 Å². The van der Waals surface area contributed by atoms with Crippen molar-refractivity contribution in [1.82, 2.24) is 15.2 Å². The fraction of sp³-hybridized carbons (Fsp3) is 0.750. The Kier molecular flexibility index (Phi) is 3.49. The summed E-state index contributed by atoms with van der Waals surface area (Å²) in [6, 6.07) is -0.0457. The molecule has 2 fully saturated rings. The van der Waals surface area contributed by atoms with Crippen LogP contribution in [0.5, 0.6) is 0 Å². The Bertz CT molecular complexity index is 585. The van der Waals surface area contributed by atoms with Crippen molar-refractivity contribution < 1.29 is 8.42 Å². The van der Waals surface area contributed by atoms with Gasteiger partial charge in [0.2, 0.25) is 5.95 Å². The van der Waals surface area contributed by atoms with Gasteiger partial charge in [-0.05, 0) is 19.3 Å². The number of anilines is 2. The minimum atomic E-state index is -2.90. The lowest BCUT2D eigenvalue weighted by Gasteiger charge is -2.24. The monoisotopic (exact) mass is 297 g/mol. The van der Waals surface area contributed by atoms with Gasteiger partial charge >= 0.3 is 0 Å². The van der Waals surface area contributed by atoms with Crippen molar-refractivity contribution in [3.8, 4) is 0 Å². The third kappa shape index (κ3) is 2.70. The van der Waals surface area contributed by atoms with Crippen molar-refractivity contribution in [1.29, 1.82) is 0 Å². The highest BCUT2D eigenvalue weighted by atomic mass is 32.2. The van der Waals surface area contributed by atoms with E-state index in [0.29, 0.717) is 12.4 Å². The second-order valence-corrected chi connectivity index (χ2v) is 7.71. The average molecular weight is 297 g/mol. The molecule has 110 valence electrons. The Hall–Kier alpha value is -1.44. The number of aromatic nitrogens is 3. The van der Waals surface area contributed by atoms with Gasteiger partial charge in [0.15, 0.2) is 15.7 Å². The molecule has 0 saturated carbocycles. The Balaban J connectivity index is 1.78. The van der Waals surface area contributed by atoms with E-state index in [0.717, 1.165) is 18.9 Å². The molecule has 0 aromatic carbocycles. The number of sulfone groups is 1. The number of hydrogen-bond donors (Lipinski definition) is 0. The van der Waals surface area contributed by atoms with Crippen LogP contribution in [0.25, 0.3) is 0 Å². The van der Waals surface area contributed by atoms with E-state index in [1.54, 1.807) is 6.20 Å². The van der Waals surface area contributed by atoms with Crippen LogP contribution in [0.1, 0.15) is 19.3 Å². The van der Waals surface area contributed by atoms with Gasteiger partial charge in [0.25, 0.3) is 0 Å². The predicted octanol–water partition coefficient (Wildman–Crippen LogP) is 0.0951. The van der Waals surface area contributed by atoms with E-state index < -0.39 is 9.84 Å². The zero-order chi connectivity index (χ0) is 14.2. The maximum absolute atomic E-state index is 11.6. The van der Waals surface area contributed by atoms with Gasteiger partial charge in [0, 0.05) is 26.2 Å². The molecule has 20 heavy (non-hydrogen) atoms. The average Bonchev–Trinajstić information content (AvgIpc) is 3.07. The lowest BCUT2D eigenvalue weighted by Crippen LogP contribution is -2.34. The van der Waals surface area contributed by atoms with Crippen LogP contribution in [-0.2, 0) is 9.84 Å². The maximum atomic E-state index is 11.6. The second-order valence-electron chi connectivity index (χ2n) is 5.48. The summed E-state index contributed by atoms with van der Waals surface area (Å²) in [5.74, 6) is 1.78. The van der Waals surface area contributed by atoms with E-state index in [2.05, 4.69) is 20.1 Å². The first-order chi connectivity index (χ1) is 9.55. The standard InChI is InChI=1S/C12H19N5O2S/c1-16(10-4-7-20(18,19)9-10)12-14-11(8-13-15-12)17-5-2-3-6-17/h8,10H,2-7,9H2,1H3. The molecule has 2 saturated heterocycles. The normalized spacial score (nSPS) is 25.1. The van der Waals surface area contributed by atoms with Crippen LogP contribution in [0.15, 0.2) is 6.20 Å². The number of nitrogens with zero attached hydrogens (tertiary/aromatic N) is 5. The minimum Gasteiger partial charge on any atom is -0.355 e. The van der Waals surface area contributed by atoms with Gasteiger partial charge in [-0.3, -0.25) is 0 Å². The summed E-state index contributed by atoms with van der Waals surface area (Å²) in [4.78, 5) is 8.57. The first kappa shape index (κ1) is 13.5. The van der Waals surface area contributed by atoms with Gasteiger partial charge in [-0.1, -0.05) is 0 Å². The lowest BCUT2D eigenvalue weighted by atomic mass is 10.2. The quantitative estimate of drug-likeness (QED) is 0.782. The summed E-state index contributed by atoms with van der Waals surface area (Å²) in [6.45, 7) is 2.00. The highest BCUT2D eigenvalue weighted by Gasteiger charge is 2.32. The van der Waals surface area contributed by atoms with Crippen molar-refractivity contribution in [3.05, 3.63) is 6.20 Å². The zero-order valence-electron chi connectivity index (χ0n) is 11.6. The summed E-state index contributed by atoms with van der Waals surface area (Å²) >= 11 is 0. The van der Waals surface area contributed by atoms with E-state index in [1.165, 1.54) is 12.8 Å². The molecule has 0 spiro atoms. The van der Waals surface area contributed by atoms with Crippen LogP contribution < -0.4 is 9.80 Å². The zero-order valence-corrected chi connectivity index (χ0v) is 12.4. The predicted molar refractivity (Wildman–Crippen MR) is 76.7 cm³/mol. The van der Waals surface area contributed by atoms with Gasteiger partial charge in [0.05, 0.1) is 17.7 Å². The van der Waals surface area contributed by atoms with Gasteiger partial charge in [0.1, 0.15) is 0 Å². The molecule has 7 nitrogen and oxygen atoms in total. The molecule has 0 amide bonds. The van der Waals surface area contributed by atoms with Gasteiger partial charge in [-0.2, -0.15) is 10.1 Å². The molecule has 1 unspecified atom stereocenters. The van der Waals surface area contributed by atoms with E-state index in [4.69, 9.17) is 0 Å². The second kappa shape index (κ2) is 5.16. The van der Waals surface area contributed by atoms with Crippen LogP contribution in [0.3, 0.4) is 0 Å². The van der Waals surface area contributed by atoms with Gasteiger partial charge in [-0.25, -0.2) is 8.42 Å². The lowest BCUT2D eigenvalue weighted by molar-refractivity contribution is 0.600. The third-order valence-electron chi connectivity index (χ3n) is 4.04. The van der Waals surface area contributed by atoms with Crippen molar-refractivity contribution in [2.24, 2.45) is 0 Å². The molecule has 1 aromatic heterocycles. The maximum Gasteiger partial charge on any atom is 0.247 e. The molecule has 0 aliphatic carbocycles. The topological polar surface area (TPSA) is 79.3 Å². The number of hydrogen-bond acceptors (Lipinski definition) is 7. The molecular weight excluding hydrogens is 278 g/mol. The van der Waals surface area contributed by atoms with E-state index >= 15 is 0 Å². The summed E-state index contributed by atoms with van der Waals surface area (Å²) in [5.41, 5.74) is 0. The Labute approximate surface area is 118 Å². The largest absolute Gasteiger partial charge is 0.355 e. The summed E-state index contributed by atoms with van der Waals surface area (Å²) < 4.78 is 23.1.